The molecular formula is C18H26N2O. The second kappa shape index (κ2) is 5.64. The number of H-pyrrole nitrogens is 1. The van der Waals surface area contributed by atoms with Crippen molar-refractivity contribution in [2.75, 3.05) is 0 Å². The predicted molar refractivity (Wildman–Crippen MR) is 87.3 cm³/mol. The van der Waals surface area contributed by atoms with Gasteiger partial charge in [-0.2, -0.15) is 0 Å². The second-order valence-electron chi connectivity index (χ2n) is 7.08. The molecule has 0 amide bonds. The quantitative estimate of drug-likeness (QED) is 0.880. The summed E-state index contributed by atoms with van der Waals surface area (Å²) in [5.41, 5.74) is 4.10. The molecule has 0 aliphatic carbocycles. The van der Waals surface area contributed by atoms with Crippen LogP contribution in [-0.4, -0.2) is 15.1 Å². The highest BCUT2D eigenvalue weighted by atomic mass is 16.3. The summed E-state index contributed by atoms with van der Waals surface area (Å²) in [6, 6.07) is 8.32. The highest BCUT2D eigenvalue weighted by Gasteiger charge is 2.23. The molecule has 1 atom stereocenters. The lowest BCUT2D eigenvalue weighted by Crippen LogP contribution is -2.13. The molecule has 1 aromatic carbocycles. The smallest absolute Gasteiger partial charge is 0.138 e. The Balaban J connectivity index is 2.52. The molecule has 0 aliphatic rings. The van der Waals surface area contributed by atoms with Crippen LogP contribution in [0.15, 0.2) is 24.3 Å². The average molecular weight is 286 g/mol. The number of hydrogen-bond acceptors (Lipinski definition) is 2. The van der Waals surface area contributed by atoms with E-state index in [0.717, 1.165) is 22.8 Å². The van der Waals surface area contributed by atoms with E-state index in [1.807, 2.05) is 26.8 Å². The van der Waals surface area contributed by atoms with Crippen molar-refractivity contribution in [2.45, 2.75) is 53.1 Å². The third kappa shape index (κ3) is 3.18. The molecule has 3 nitrogen and oxygen atoms in total. The van der Waals surface area contributed by atoms with Gasteiger partial charge in [0.25, 0.3) is 0 Å². The topological polar surface area (TPSA) is 48.9 Å². The molecule has 0 fully saturated rings. The van der Waals surface area contributed by atoms with Gasteiger partial charge in [-0.1, -0.05) is 58.9 Å². The largest absolute Gasteiger partial charge is 0.386 e. The Morgan fingerprint density at radius 2 is 1.76 bits per heavy atom. The average Bonchev–Trinajstić information content (AvgIpc) is 2.78. The van der Waals surface area contributed by atoms with E-state index in [1.54, 1.807) is 0 Å². The van der Waals surface area contributed by atoms with Crippen molar-refractivity contribution in [3.05, 3.63) is 41.2 Å². The molecule has 2 rings (SSSR count). The van der Waals surface area contributed by atoms with E-state index in [-0.39, 0.29) is 11.3 Å². The molecule has 0 saturated heterocycles. The van der Waals surface area contributed by atoms with Crippen molar-refractivity contribution in [3.8, 4) is 11.4 Å². The molecule has 1 heterocycles. The standard InChI is InChI=1S/C18H26N2O/c1-11(2)16(21)15-12(3)19-17(20-15)13-9-7-8-10-14(13)18(4,5)6/h7-11,16,21H,1-6H3,(H,19,20). The number of hydrogen-bond donors (Lipinski definition) is 2. The van der Waals surface area contributed by atoms with E-state index in [9.17, 15) is 5.11 Å². The lowest BCUT2D eigenvalue weighted by Gasteiger charge is -2.22. The number of aryl methyl sites for hydroxylation is 1. The highest BCUT2D eigenvalue weighted by Crippen LogP contribution is 2.33. The molecule has 1 aromatic heterocycles. The first-order valence-electron chi connectivity index (χ1n) is 7.56. The normalized spacial score (nSPS) is 13.7. The maximum absolute atomic E-state index is 10.3. The Bertz CT molecular complexity index is 620. The summed E-state index contributed by atoms with van der Waals surface area (Å²) >= 11 is 0. The van der Waals surface area contributed by atoms with Crippen LogP contribution < -0.4 is 0 Å². The Morgan fingerprint density at radius 1 is 1.14 bits per heavy atom. The minimum atomic E-state index is -0.531. The van der Waals surface area contributed by atoms with E-state index in [1.165, 1.54) is 5.56 Å². The lowest BCUT2D eigenvalue weighted by molar-refractivity contribution is 0.122. The number of benzene rings is 1. The maximum Gasteiger partial charge on any atom is 0.138 e. The summed E-state index contributed by atoms with van der Waals surface area (Å²) in [5, 5.41) is 10.3. The van der Waals surface area contributed by atoms with Crippen LogP contribution in [0.4, 0.5) is 0 Å². The molecule has 0 radical (unpaired) electrons. The predicted octanol–water partition coefficient (Wildman–Crippen LogP) is 4.37. The van der Waals surface area contributed by atoms with E-state index in [4.69, 9.17) is 0 Å². The molecule has 2 N–H and O–H groups in total. The number of aromatic amines is 1. The summed E-state index contributed by atoms with van der Waals surface area (Å²) in [7, 11) is 0. The van der Waals surface area contributed by atoms with Gasteiger partial charge in [-0.3, -0.25) is 0 Å². The highest BCUT2D eigenvalue weighted by molar-refractivity contribution is 5.63. The van der Waals surface area contributed by atoms with Gasteiger partial charge in [0.15, 0.2) is 0 Å². The van der Waals surface area contributed by atoms with Gasteiger partial charge in [0.2, 0.25) is 0 Å². The van der Waals surface area contributed by atoms with Crippen LogP contribution in [0.1, 0.15) is 57.7 Å². The van der Waals surface area contributed by atoms with Gasteiger partial charge < -0.3 is 10.1 Å². The first-order chi connectivity index (χ1) is 9.71. The van der Waals surface area contributed by atoms with Crippen LogP contribution in [0.3, 0.4) is 0 Å². The van der Waals surface area contributed by atoms with Crippen molar-refractivity contribution in [3.63, 3.8) is 0 Å². The summed E-state index contributed by atoms with van der Waals surface area (Å²) in [6.07, 6.45) is -0.531. The fraction of sp³-hybridized carbons (Fsp3) is 0.500. The van der Waals surface area contributed by atoms with Gasteiger partial charge in [0.05, 0.1) is 5.69 Å². The Kier molecular flexibility index (Phi) is 4.24. The van der Waals surface area contributed by atoms with E-state index >= 15 is 0 Å². The number of aliphatic hydroxyl groups is 1. The van der Waals surface area contributed by atoms with Gasteiger partial charge in [-0.25, -0.2) is 4.98 Å². The minimum Gasteiger partial charge on any atom is -0.386 e. The van der Waals surface area contributed by atoms with E-state index in [2.05, 4.69) is 48.9 Å². The summed E-state index contributed by atoms with van der Waals surface area (Å²) in [6.45, 7) is 12.6. The van der Waals surface area contributed by atoms with Gasteiger partial charge in [0, 0.05) is 11.3 Å². The molecule has 2 aromatic rings. The maximum atomic E-state index is 10.3. The van der Waals surface area contributed by atoms with E-state index < -0.39 is 6.10 Å². The molecule has 21 heavy (non-hydrogen) atoms. The summed E-state index contributed by atoms with van der Waals surface area (Å²) in [5.74, 6) is 0.991. The molecule has 114 valence electrons. The molecule has 0 bridgehead atoms. The van der Waals surface area contributed by atoms with Crippen LogP contribution in [0.5, 0.6) is 0 Å². The van der Waals surface area contributed by atoms with Crippen LogP contribution in [-0.2, 0) is 5.41 Å². The zero-order chi connectivity index (χ0) is 15.8. The van der Waals surface area contributed by atoms with Crippen LogP contribution in [0.2, 0.25) is 0 Å². The zero-order valence-electron chi connectivity index (χ0n) is 13.9. The van der Waals surface area contributed by atoms with Gasteiger partial charge in [0.1, 0.15) is 11.9 Å². The fourth-order valence-electron chi connectivity index (χ4n) is 2.55. The van der Waals surface area contributed by atoms with Crippen molar-refractivity contribution in [1.29, 1.82) is 0 Å². The van der Waals surface area contributed by atoms with Gasteiger partial charge in [-0.15, -0.1) is 0 Å². The second-order valence-corrected chi connectivity index (χ2v) is 7.08. The van der Waals surface area contributed by atoms with Crippen molar-refractivity contribution < 1.29 is 5.11 Å². The number of aliphatic hydroxyl groups excluding tert-OH is 1. The SMILES string of the molecule is Cc1[nH]c(-c2ccccc2C(C)(C)C)nc1C(O)C(C)C. The molecular weight excluding hydrogens is 260 g/mol. The van der Waals surface area contributed by atoms with Crippen LogP contribution in [0.25, 0.3) is 11.4 Å². The zero-order valence-corrected chi connectivity index (χ0v) is 13.9. The first kappa shape index (κ1) is 15.8. The van der Waals surface area contributed by atoms with Crippen molar-refractivity contribution in [2.24, 2.45) is 5.92 Å². The van der Waals surface area contributed by atoms with Gasteiger partial charge in [-0.05, 0) is 23.8 Å². The number of imidazole rings is 1. The number of aromatic nitrogens is 2. The molecule has 0 saturated carbocycles. The minimum absolute atomic E-state index is 0.0497. The first-order valence-corrected chi connectivity index (χ1v) is 7.56. The lowest BCUT2D eigenvalue weighted by atomic mass is 9.83. The number of nitrogens with zero attached hydrogens (tertiary/aromatic N) is 1. The third-order valence-electron chi connectivity index (χ3n) is 3.82. The van der Waals surface area contributed by atoms with E-state index in [0.29, 0.717) is 0 Å². The van der Waals surface area contributed by atoms with Crippen molar-refractivity contribution in [1.82, 2.24) is 9.97 Å². The van der Waals surface area contributed by atoms with Gasteiger partial charge >= 0.3 is 0 Å². The molecule has 1 unspecified atom stereocenters. The van der Waals surface area contributed by atoms with Crippen molar-refractivity contribution >= 4 is 0 Å². The fourth-order valence-corrected chi connectivity index (χ4v) is 2.55. The summed E-state index contributed by atoms with van der Waals surface area (Å²) in [4.78, 5) is 8.01. The number of nitrogens with one attached hydrogen (secondary N) is 1. The number of rotatable bonds is 3. The Morgan fingerprint density at radius 3 is 2.33 bits per heavy atom. The molecule has 3 heteroatoms. The monoisotopic (exact) mass is 286 g/mol. The molecule has 0 spiro atoms. The Labute approximate surface area is 127 Å². The third-order valence-corrected chi connectivity index (χ3v) is 3.82. The van der Waals surface area contributed by atoms with Crippen LogP contribution in [0, 0.1) is 12.8 Å². The van der Waals surface area contributed by atoms with Crippen LogP contribution >= 0.6 is 0 Å². The Hall–Kier alpha value is -1.61. The molecule has 0 aliphatic heterocycles. The summed E-state index contributed by atoms with van der Waals surface area (Å²) < 4.78 is 0.